The molecule has 1 aliphatic rings. The Labute approximate surface area is 163 Å². The van der Waals surface area contributed by atoms with Crippen LogP contribution < -0.4 is 16.4 Å². The number of hydrogen-bond acceptors (Lipinski definition) is 4. The lowest BCUT2D eigenvalue weighted by atomic mass is 9.92. The predicted octanol–water partition coefficient (Wildman–Crippen LogP) is 1.47. The van der Waals surface area contributed by atoms with Gasteiger partial charge in [0.1, 0.15) is 12.1 Å². The van der Waals surface area contributed by atoms with Crippen molar-refractivity contribution in [1.82, 2.24) is 10.2 Å². The maximum Gasteiger partial charge on any atom is 0.325 e. The van der Waals surface area contributed by atoms with Crippen LogP contribution in [0.5, 0.6) is 0 Å². The molecule has 1 fully saturated rings. The van der Waals surface area contributed by atoms with Crippen LogP contribution in [-0.2, 0) is 15.1 Å². The summed E-state index contributed by atoms with van der Waals surface area (Å²) in [6, 6.07) is 7.70. The molecule has 1 unspecified atom stereocenters. The minimum Gasteiger partial charge on any atom is -0.366 e. The van der Waals surface area contributed by atoms with Gasteiger partial charge in [-0.2, -0.15) is 0 Å². The fraction of sp³-hybridized carbons (Fsp3) is 0.158. The Hall–Kier alpha value is -3.82. The summed E-state index contributed by atoms with van der Waals surface area (Å²) in [7, 11) is 0. The predicted molar refractivity (Wildman–Crippen MR) is 97.5 cm³/mol. The van der Waals surface area contributed by atoms with Gasteiger partial charge in [0.15, 0.2) is 11.6 Å². The Morgan fingerprint density at radius 1 is 1.10 bits per heavy atom. The number of nitrogens with two attached hydrogens (primary N) is 1. The Kier molecular flexibility index (Phi) is 5.02. The number of imide groups is 1. The monoisotopic (exact) mass is 402 g/mol. The van der Waals surface area contributed by atoms with Gasteiger partial charge >= 0.3 is 6.03 Å². The molecule has 4 N–H and O–H groups in total. The molecule has 0 aromatic heterocycles. The van der Waals surface area contributed by atoms with Crippen molar-refractivity contribution in [2.45, 2.75) is 12.5 Å². The first-order chi connectivity index (χ1) is 13.6. The van der Waals surface area contributed by atoms with Crippen LogP contribution in [0.25, 0.3) is 0 Å². The maximum absolute atomic E-state index is 13.5. The van der Waals surface area contributed by atoms with Crippen LogP contribution in [0.15, 0.2) is 42.5 Å². The Morgan fingerprint density at radius 2 is 1.76 bits per heavy atom. The summed E-state index contributed by atoms with van der Waals surface area (Å²) in [5, 5.41) is 4.88. The number of rotatable bonds is 5. The van der Waals surface area contributed by atoms with Crippen molar-refractivity contribution >= 4 is 29.4 Å². The molecule has 2 aromatic carbocycles. The highest BCUT2D eigenvalue weighted by molar-refractivity contribution is 6.10. The molecule has 0 saturated carbocycles. The third-order valence-electron chi connectivity index (χ3n) is 4.53. The third-order valence-corrected chi connectivity index (χ3v) is 4.53. The van der Waals surface area contributed by atoms with E-state index in [4.69, 9.17) is 5.73 Å². The second-order valence-corrected chi connectivity index (χ2v) is 6.57. The van der Waals surface area contributed by atoms with Crippen LogP contribution in [-0.4, -0.2) is 35.2 Å². The molecule has 29 heavy (non-hydrogen) atoms. The van der Waals surface area contributed by atoms with E-state index in [-0.39, 0.29) is 11.1 Å². The first-order valence-electron chi connectivity index (χ1n) is 8.41. The van der Waals surface area contributed by atoms with E-state index in [0.717, 1.165) is 12.1 Å². The second kappa shape index (κ2) is 7.30. The van der Waals surface area contributed by atoms with Crippen molar-refractivity contribution < 1.29 is 28.0 Å². The molecule has 150 valence electrons. The first kappa shape index (κ1) is 19.9. The first-order valence-corrected chi connectivity index (χ1v) is 8.41. The summed E-state index contributed by atoms with van der Waals surface area (Å²) in [4.78, 5) is 48.9. The number of hydrogen-bond donors (Lipinski definition) is 3. The minimum atomic E-state index is -1.64. The van der Waals surface area contributed by atoms with Crippen molar-refractivity contribution in [2.24, 2.45) is 5.73 Å². The zero-order chi connectivity index (χ0) is 21.3. The standard InChI is InChI=1S/C19H16F2N4O4/c1-19(11-4-7-13(20)14(21)8-11)17(28)25(18(29)24-19)9-15(26)23-12-5-2-10(3-6-12)16(22)27/h2-8H,9H2,1H3,(H2,22,27)(H,23,26)(H,24,29). The molecular weight excluding hydrogens is 386 g/mol. The highest BCUT2D eigenvalue weighted by atomic mass is 19.2. The maximum atomic E-state index is 13.5. The summed E-state index contributed by atoms with van der Waals surface area (Å²) < 4.78 is 26.7. The van der Waals surface area contributed by atoms with Gasteiger partial charge in [-0.3, -0.25) is 19.3 Å². The molecule has 1 saturated heterocycles. The topological polar surface area (TPSA) is 122 Å². The Balaban J connectivity index is 1.73. The summed E-state index contributed by atoms with van der Waals surface area (Å²) in [6.07, 6.45) is 0. The lowest BCUT2D eigenvalue weighted by Gasteiger charge is -2.22. The Bertz CT molecular complexity index is 1030. The van der Waals surface area contributed by atoms with Gasteiger partial charge in [0, 0.05) is 11.3 Å². The highest BCUT2D eigenvalue weighted by Gasteiger charge is 2.49. The van der Waals surface area contributed by atoms with Gasteiger partial charge in [-0.25, -0.2) is 13.6 Å². The number of nitrogens with one attached hydrogen (secondary N) is 2. The second-order valence-electron chi connectivity index (χ2n) is 6.57. The highest BCUT2D eigenvalue weighted by Crippen LogP contribution is 2.29. The number of carbonyl (C=O) groups excluding carboxylic acids is 4. The zero-order valence-corrected chi connectivity index (χ0v) is 15.2. The SMILES string of the molecule is CC1(c2ccc(F)c(F)c2)NC(=O)N(CC(=O)Nc2ccc(C(N)=O)cc2)C1=O. The van der Waals surface area contributed by atoms with Crippen molar-refractivity contribution in [3.8, 4) is 0 Å². The summed E-state index contributed by atoms with van der Waals surface area (Å²) >= 11 is 0. The van der Waals surface area contributed by atoms with E-state index in [1.165, 1.54) is 37.3 Å². The van der Waals surface area contributed by atoms with Crippen LogP contribution in [0.1, 0.15) is 22.8 Å². The number of anilines is 1. The molecule has 0 radical (unpaired) electrons. The van der Waals surface area contributed by atoms with Crippen molar-refractivity contribution in [2.75, 3.05) is 11.9 Å². The number of halogens is 2. The van der Waals surface area contributed by atoms with Gasteiger partial charge in [0.2, 0.25) is 11.8 Å². The number of carbonyl (C=O) groups is 4. The molecule has 0 spiro atoms. The average molecular weight is 402 g/mol. The molecule has 1 heterocycles. The molecule has 10 heteroatoms. The molecule has 1 aliphatic heterocycles. The quantitative estimate of drug-likeness (QED) is 0.656. The number of nitrogens with zero attached hydrogens (tertiary/aromatic N) is 1. The molecule has 2 aromatic rings. The van der Waals surface area contributed by atoms with Crippen molar-refractivity contribution in [1.29, 1.82) is 0 Å². The van der Waals surface area contributed by atoms with E-state index in [9.17, 15) is 28.0 Å². The molecular formula is C19H16F2N4O4. The third kappa shape index (κ3) is 3.77. The summed E-state index contributed by atoms with van der Waals surface area (Å²) in [5.41, 5.74) is 4.11. The fourth-order valence-corrected chi connectivity index (χ4v) is 2.91. The van der Waals surface area contributed by atoms with E-state index >= 15 is 0 Å². The van der Waals surface area contributed by atoms with Gasteiger partial charge in [-0.05, 0) is 48.9 Å². The van der Waals surface area contributed by atoms with Gasteiger partial charge in [-0.1, -0.05) is 6.07 Å². The van der Waals surface area contributed by atoms with E-state index in [0.29, 0.717) is 10.6 Å². The summed E-state index contributed by atoms with van der Waals surface area (Å²) in [5.74, 6) is -4.34. The van der Waals surface area contributed by atoms with Gasteiger partial charge < -0.3 is 16.4 Å². The van der Waals surface area contributed by atoms with E-state index in [1.807, 2.05) is 0 Å². The lowest BCUT2D eigenvalue weighted by Crippen LogP contribution is -2.42. The molecule has 1 atom stereocenters. The zero-order valence-electron chi connectivity index (χ0n) is 15.2. The van der Waals surface area contributed by atoms with E-state index in [2.05, 4.69) is 10.6 Å². The molecule has 3 rings (SSSR count). The number of primary amides is 1. The van der Waals surface area contributed by atoms with Crippen LogP contribution in [0, 0.1) is 11.6 Å². The lowest BCUT2D eigenvalue weighted by molar-refractivity contribution is -0.133. The van der Waals surface area contributed by atoms with Crippen LogP contribution in [0.2, 0.25) is 0 Å². The fourth-order valence-electron chi connectivity index (χ4n) is 2.91. The molecule has 0 aliphatic carbocycles. The minimum absolute atomic E-state index is 0.0414. The van der Waals surface area contributed by atoms with E-state index < -0.39 is 47.5 Å². The van der Waals surface area contributed by atoms with Crippen LogP contribution in [0.4, 0.5) is 19.3 Å². The van der Waals surface area contributed by atoms with E-state index in [1.54, 1.807) is 0 Å². The molecule has 5 amide bonds. The van der Waals surface area contributed by atoms with Crippen molar-refractivity contribution in [3.05, 3.63) is 65.2 Å². The summed E-state index contributed by atoms with van der Waals surface area (Å²) in [6.45, 7) is 0.738. The van der Waals surface area contributed by atoms with Gasteiger partial charge in [0.25, 0.3) is 5.91 Å². The molecule has 8 nitrogen and oxygen atoms in total. The largest absolute Gasteiger partial charge is 0.366 e. The number of urea groups is 1. The number of benzene rings is 2. The number of amides is 5. The van der Waals surface area contributed by atoms with Gasteiger partial charge in [-0.15, -0.1) is 0 Å². The molecule has 0 bridgehead atoms. The smallest absolute Gasteiger partial charge is 0.325 e. The Morgan fingerprint density at radius 3 is 2.34 bits per heavy atom. The van der Waals surface area contributed by atoms with Crippen LogP contribution >= 0.6 is 0 Å². The normalized spacial score (nSPS) is 18.5. The van der Waals surface area contributed by atoms with Crippen LogP contribution in [0.3, 0.4) is 0 Å². The van der Waals surface area contributed by atoms with Gasteiger partial charge in [0.05, 0.1) is 0 Å². The van der Waals surface area contributed by atoms with Crippen molar-refractivity contribution in [3.63, 3.8) is 0 Å². The average Bonchev–Trinajstić information content (AvgIpc) is 2.88.